The molecule has 5 aromatic rings. The SMILES string of the molecule is COc1ccc2nc(-c3cccnc3)nc(-n3ccc4cccnc43)c2c1. The van der Waals surface area contributed by atoms with Gasteiger partial charge in [-0.2, -0.15) is 0 Å². The molecule has 0 unspecified atom stereocenters. The zero-order chi connectivity index (χ0) is 18.2. The minimum Gasteiger partial charge on any atom is -0.497 e. The Kier molecular flexibility index (Phi) is 3.53. The molecule has 0 radical (unpaired) electrons. The van der Waals surface area contributed by atoms with Crippen molar-refractivity contribution in [2.75, 3.05) is 7.11 Å². The van der Waals surface area contributed by atoms with Gasteiger partial charge in [-0.3, -0.25) is 9.55 Å². The number of nitrogens with zero attached hydrogens (tertiary/aromatic N) is 5. The fourth-order valence-corrected chi connectivity index (χ4v) is 3.16. The Bertz CT molecular complexity index is 1260. The highest BCUT2D eigenvalue weighted by Gasteiger charge is 2.14. The van der Waals surface area contributed by atoms with Gasteiger partial charge in [-0.1, -0.05) is 0 Å². The lowest BCUT2D eigenvalue weighted by molar-refractivity contribution is 0.415. The highest BCUT2D eigenvalue weighted by molar-refractivity contribution is 5.90. The van der Waals surface area contributed by atoms with E-state index in [1.807, 2.05) is 59.3 Å². The van der Waals surface area contributed by atoms with Crippen molar-refractivity contribution in [2.45, 2.75) is 0 Å². The molecule has 6 nitrogen and oxygen atoms in total. The smallest absolute Gasteiger partial charge is 0.163 e. The van der Waals surface area contributed by atoms with Gasteiger partial charge in [-0.25, -0.2) is 15.0 Å². The number of rotatable bonds is 3. The second-order valence-electron chi connectivity index (χ2n) is 6.10. The van der Waals surface area contributed by atoms with Gasteiger partial charge >= 0.3 is 0 Å². The third-order valence-corrected chi connectivity index (χ3v) is 4.48. The van der Waals surface area contributed by atoms with Crippen LogP contribution in [-0.4, -0.2) is 31.6 Å². The molecule has 0 amide bonds. The highest BCUT2D eigenvalue weighted by Crippen LogP contribution is 2.29. The fraction of sp³-hybridized carbons (Fsp3) is 0.0476. The summed E-state index contributed by atoms with van der Waals surface area (Å²) in [6.07, 6.45) is 7.26. The average molecular weight is 353 g/mol. The molecule has 0 aliphatic carbocycles. The van der Waals surface area contributed by atoms with E-state index in [9.17, 15) is 0 Å². The van der Waals surface area contributed by atoms with Crippen LogP contribution in [0.1, 0.15) is 0 Å². The summed E-state index contributed by atoms with van der Waals surface area (Å²) in [7, 11) is 1.65. The van der Waals surface area contributed by atoms with E-state index in [2.05, 4.69) is 9.97 Å². The molecule has 6 heteroatoms. The zero-order valence-electron chi connectivity index (χ0n) is 14.6. The molecule has 0 atom stereocenters. The van der Waals surface area contributed by atoms with Gasteiger partial charge in [0.05, 0.1) is 12.6 Å². The van der Waals surface area contributed by atoms with Gasteiger partial charge in [0.1, 0.15) is 17.2 Å². The van der Waals surface area contributed by atoms with Crippen LogP contribution < -0.4 is 4.74 Å². The maximum atomic E-state index is 5.41. The van der Waals surface area contributed by atoms with E-state index in [0.29, 0.717) is 5.82 Å². The van der Waals surface area contributed by atoms with E-state index >= 15 is 0 Å². The van der Waals surface area contributed by atoms with Gasteiger partial charge < -0.3 is 4.74 Å². The number of pyridine rings is 2. The third-order valence-electron chi connectivity index (χ3n) is 4.48. The Labute approximate surface area is 155 Å². The topological polar surface area (TPSA) is 65.7 Å². The first-order chi connectivity index (χ1) is 13.3. The standard InChI is InChI=1S/C21H15N5O/c1-27-16-6-7-18-17(12-16)21(25-19(24-18)15-5-2-9-22-13-15)26-11-8-14-4-3-10-23-20(14)26/h2-13H,1H3. The van der Waals surface area contributed by atoms with Crippen LogP contribution in [-0.2, 0) is 0 Å². The van der Waals surface area contributed by atoms with E-state index in [1.165, 1.54) is 0 Å². The van der Waals surface area contributed by atoms with Crippen molar-refractivity contribution in [3.05, 3.63) is 73.3 Å². The summed E-state index contributed by atoms with van der Waals surface area (Å²) in [6, 6.07) is 15.6. The number of benzene rings is 1. The first kappa shape index (κ1) is 15.5. The molecule has 0 saturated heterocycles. The molecule has 4 aromatic heterocycles. The Hall–Kier alpha value is -3.80. The third kappa shape index (κ3) is 2.58. The summed E-state index contributed by atoms with van der Waals surface area (Å²) < 4.78 is 7.39. The number of fused-ring (bicyclic) bond motifs is 2. The predicted octanol–water partition coefficient (Wildman–Crippen LogP) is 4.04. The molecule has 0 aliphatic heterocycles. The lowest BCUT2D eigenvalue weighted by Crippen LogP contribution is -2.02. The summed E-state index contributed by atoms with van der Waals surface area (Å²) >= 11 is 0. The summed E-state index contributed by atoms with van der Waals surface area (Å²) in [5.41, 5.74) is 2.54. The average Bonchev–Trinajstić information content (AvgIpc) is 3.17. The Morgan fingerprint density at radius 3 is 2.74 bits per heavy atom. The van der Waals surface area contributed by atoms with E-state index < -0.39 is 0 Å². The lowest BCUT2D eigenvalue weighted by atomic mass is 10.2. The Morgan fingerprint density at radius 2 is 1.89 bits per heavy atom. The number of hydrogen-bond donors (Lipinski definition) is 0. The van der Waals surface area contributed by atoms with Crippen LogP contribution in [0.3, 0.4) is 0 Å². The minimum absolute atomic E-state index is 0.619. The first-order valence-electron chi connectivity index (χ1n) is 8.52. The second-order valence-corrected chi connectivity index (χ2v) is 6.10. The molecule has 4 heterocycles. The molecular formula is C21H15N5O. The summed E-state index contributed by atoms with van der Waals surface area (Å²) in [6.45, 7) is 0. The van der Waals surface area contributed by atoms with E-state index in [0.717, 1.165) is 39.1 Å². The molecule has 0 saturated carbocycles. The molecule has 0 aliphatic rings. The van der Waals surface area contributed by atoms with Crippen LogP contribution in [0.15, 0.2) is 73.3 Å². The van der Waals surface area contributed by atoms with E-state index in [-0.39, 0.29) is 0 Å². The lowest BCUT2D eigenvalue weighted by Gasteiger charge is -2.11. The number of aromatic nitrogens is 5. The minimum atomic E-state index is 0.619. The number of methoxy groups -OCH3 is 1. The summed E-state index contributed by atoms with van der Waals surface area (Å²) in [4.78, 5) is 18.3. The molecule has 5 rings (SSSR count). The van der Waals surface area contributed by atoms with Crippen molar-refractivity contribution >= 4 is 21.9 Å². The Balaban J connectivity index is 1.85. The van der Waals surface area contributed by atoms with Gasteiger partial charge in [-0.05, 0) is 48.5 Å². The van der Waals surface area contributed by atoms with Gasteiger partial charge in [0.15, 0.2) is 5.82 Å². The van der Waals surface area contributed by atoms with E-state index in [1.54, 1.807) is 25.7 Å². The van der Waals surface area contributed by atoms with Crippen LogP contribution in [0.4, 0.5) is 0 Å². The number of hydrogen-bond acceptors (Lipinski definition) is 5. The van der Waals surface area contributed by atoms with E-state index in [4.69, 9.17) is 14.7 Å². The van der Waals surface area contributed by atoms with Crippen molar-refractivity contribution < 1.29 is 4.74 Å². The molecule has 0 bridgehead atoms. The molecule has 0 spiro atoms. The molecular weight excluding hydrogens is 338 g/mol. The van der Waals surface area contributed by atoms with Crippen molar-refractivity contribution in [2.24, 2.45) is 0 Å². The largest absolute Gasteiger partial charge is 0.497 e. The quantitative estimate of drug-likeness (QED) is 0.490. The van der Waals surface area contributed by atoms with Crippen molar-refractivity contribution in [1.82, 2.24) is 24.5 Å². The fourth-order valence-electron chi connectivity index (χ4n) is 3.16. The van der Waals surface area contributed by atoms with Crippen LogP contribution in [0.25, 0.3) is 39.1 Å². The molecule has 0 fully saturated rings. The van der Waals surface area contributed by atoms with Gasteiger partial charge in [-0.15, -0.1) is 0 Å². The van der Waals surface area contributed by atoms with Crippen molar-refractivity contribution in [1.29, 1.82) is 0 Å². The van der Waals surface area contributed by atoms with Crippen LogP contribution >= 0.6 is 0 Å². The van der Waals surface area contributed by atoms with Gasteiger partial charge in [0.25, 0.3) is 0 Å². The molecule has 1 aromatic carbocycles. The van der Waals surface area contributed by atoms with Crippen molar-refractivity contribution in [3.63, 3.8) is 0 Å². The predicted molar refractivity (Wildman–Crippen MR) is 104 cm³/mol. The van der Waals surface area contributed by atoms with Gasteiger partial charge in [0.2, 0.25) is 0 Å². The molecule has 130 valence electrons. The second kappa shape index (κ2) is 6.17. The number of ether oxygens (including phenoxy) is 1. The Morgan fingerprint density at radius 1 is 0.963 bits per heavy atom. The first-order valence-corrected chi connectivity index (χ1v) is 8.52. The normalized spacial score (nSPS) is 11.1. The molecule has 27 heavy (non-hydrogen) atoms. The summed E-state index contributed by atoms with van der Waals surface area (Å²) in [5, 5.41) is 1.94. The monoisotopic (exact) mass is 353 g/mol. The maximum Gasteiger partial charge on any atom is 0.163 e. The highest BCUT2D eigenvalue weighted by atomic mass is 16.5. The van der Waals surface area contributed by atoms with Crippen LogP contribution in [0, 0.1) is 0 Å². The van der Waals surface area contributed by atoms with Crippen molar-refractivity contribution in [3.8, 4) is 23.0 Å². The molecule has 0 N–H and O–H groups in total. The van der Waals surface area contributed by atoms with Crippen LogP contribution in [0.2, 0.25) is 0 Å². The van der Waals surface area contributed by atoms with Crippen LogP contribution in [0.5, 0.6) is 5.75 Å². The zero-order valence-corrected chi connectivity index (χ0v) is 14.6. The van der Waals surface area contributed by atoms with Gasteiger partial charge in [0, 0.05) is 41.1 Å². The summed E-state index contributed by atoms with van der Waals surface area (Å²) in [5.74, 6) is 2.13. The maximum absolute atomic E-state index is 5.41.